The molecule has 0 aliphatic carbocycles. The summed E-state index contributed by atoms with van der Waals surface area (Å²) in [4.78, 5) is 14.3. The highest BCUT2D eigenvalue weighted by Gasteiger charge is 2.36. The Balaban J connectivity index is 1.79. The highest BCUT2D eigenvalue weighted by Crippen LogP contribution is 2.27. The maximum atomic E-state index is 12.2. The van der Waals surface area contributed by atoms with Crippen LogP contribution in [0.15, 0.2) is 30.3 Å². The van der Waals surface area contributed by atoms with E-state index in [2.05, 4.69) is 17.1 Å². The lowest BCUT2D eigenvalue weighted by Crippen LogP contribution is -2.52. The molecule has 0 bridgehead atoms. The molecule has 1 aromatic rings. The first-order chi connectivity index (χ1) is 9.50. The number of hydrogen-bond donors (Lipinski definition) is 1. The Morgan fingerprint density at radius 2 is 2.05 bits per heavy atom. The molecule has 0 aromatic heterocycles. The third kappa shape index (κ3) is 3.81. The van der Waals surface area contributed by atoms with Crippen LogP contribution in [0.5, 0.6) is 0 Å². The molecule has 4 nitrogen and oxygen atoms in total. The Morgan fingerprint density at radius 1 is 1.40 bits per heavy atom. The van der Waals surface area contributed by atoms with Crippen LogP contribution in [0.25, 0.3) is 0 Å². The Kier molecular flexibility index (Phi) is 4.78. The van der Waals surface area contributed by atoms with Gasteiger partial charge in [0.2, 0.25) is 5.91 Å². The minimum absolute atomic E-state index is 0.0696. The molecule has 1 saturated heterocycles. The molecule has 1 N–H and O–H groups in total. The van der Waals surface area contributed by atoms with Crippen molar-refractivity contribution < 1.29 is 9.53 Å². The summed E-state index contributed by atoms with van der Waals surface area (Å²) in [5.41, 5.74) is 1.32. The summed E-state index contributed by atoms with van der Waals surface area (Å²) in [5, 5.41) is 2.99. The molecule has 0 saturated carbocycles. The van der Waals surface area contributed by atoms with E-state index in [1.54, 1.807) is 0 Å². The Labute approximate surface area is 121 Å². The topological polar surface area (TPSA) is 41.6 Å². The Bertz CT molecular complexity index is 443. The van der Waals surface area contributed by atoms with Crippen LogP contribution in [0.3, 0.4) is 0 Å². The largest absolute Gasteiger partial charge is 0.380 e. The van der Waals surface area contributed by atoms with E-state index in [9.17, 15) is 4.79 Å². The number of nitrogens with one attached hydrogen (secondary N) is 1. The minimum Gasteiger partial charge on any atom is -0.380 e. The first-order valence-corrected chi connectivity index (χ1v) is 7.10. The minimum atomic E-state index is -0.129. The molecule has 1 aliphatic heterocycles. The van der Waals surface area contributed by atoms with Gasteiger partial charge >= 0.3 is 0 Å². The third-order valence-corrected chi connectivity index (χ3v) is 3.88. The van der Waals surface area contributed by atoms with Gasteiger partial charge in [-0.05, 0) is 19.5 Å². The van der Waals surface area contributed by atoms with Gasteiger partial charge < -0.3 is 10.1 Å². The second-order valence-corrected chi connectivity index (χ2v) is 6.10. The van der Waals surface area contributed by atoms with Gasteiger partial charge in [0, 0.05) is 18.5 Å². The standard InChI is InChI=1S/C16H24N2O2/c1-13(18(3)10-16(2)11-20-12-16)15(19)17-9-14-7-5-4-6-8-14/h4-8,13H,9-12H2,1-3H3,(H,17,19). The molecular formula is C16H24N2O2. The van der Waals surface area contributed by atoms with Gasteiger partial charge in [0.05, 0.1) is 19.3 Å². The molecule has 110 valence electrons. The van der Waals surface area contributed by atoms with Crippen molar-refractivity contribution in [3.8, 4) is 0 Å². The Hall–Kier alpha value is -1.39. The van der Waals surface area contributed by atoms with Crippen molar-refractivity contribution >= 4 is 5.91 Å². The van der Waals surface area contributed by atoms with Crippen LogP contribution < -0.4 is 5.32 Å². The molecule has 2 rings (SSSR count). The highest BCUT2D eigenvalue weighted by atomic mass is 16.5. The van der Waals surface area contributed by atoms with E-state index >= 15 is 0 Å². The second-order valence-electron chi connectivity index (χ2n) is 6.10. The zero-order valence-corrected chi connectivity index (χ0v) is 12.6. The number of nitrogens with zero attached hydrogens (tertiary/aromatic N) is 1. The molecule has 0 spiro atoms. The first kappa shape index (κ1) is 15.0. The van der Waals surface area contributed by atoms with Gasteiger partial charge in [0.1, 0.15) is 0 Å². The maximum Gasteiger partial charge on any atom is 0.237 e. The maximum absolute atomic E-state index is 12.2. The smallest absolute Gasteiger partial charge is 0.237 e. The van der Waals surface area contributed by atoms with Crippen LogP contribution in [0.4, 0.5) is 0 Å². The monoisotopic (exact) mass is 276 g/mol. The molecule has 0 radical (unpaired) electrons. The summed E-state index contributed by atoms with van der Waals surface area (Å²) in [6, 6.07) is 9.84. The van der Waals surface area contributed by atoms with E-state index in [1.165, 1.54) is 0 Å². The van der Waals surface area contributed by atoms with Crippen molar-refractivity contribution in [3.05, 3.63) is 35.9 Å². The molecule has 20 heavy (non-hydrogen) atoms. The highest BCUT2D eigenvalue weighted by molar-refractivity contribution is 5.81. The van der Waals surface area contributed by atoms with Gasteiger partial charge in [-0.2, -0.15) is 0 Å². The van der Waals surface area contributed by atoms with Gasteiger partial charge in [-0.3, -0.25) is 9.69 Å². The predicted octanol–water partition coefficient (Wildman–Crippen LogP) is 1.66. The van der Waals surface area contributed by atoms with Crippen LogP contribution in [0.1, 0.15) is 19.4 Å². The molecule has 1 fully saturated rings. The second kappa shape index (κ2) is 6.37. The molecular weight excluding hydrogens is 252 g/mol. The normalized spacial score (nSPS) is 18.4. The first-order valence-electron chi connectivity index (χ1n) is 7.10. The fourth-order valence-corrected chi connectivity index (χ4v) is 2.41. The number of hydrogen-bond acceptors (Lipinski definition) is 3. The van der Waals surface area contributed by atoms with Crippen molar-refractivity contribution in [2.45, 2.75) is 26.4 Å². The summed E-state index contributed by atoms with van der Waals surface area (Å²) < 4.78 is 5.26. The van der Waals surface area contributed by atoms with E-state index in [1.807, 2.05) is 44.3 Å². The number of carbonyl (C=O) groups excluding carboxylic acids is 1. The number of carbonyl (C=O) groups is 1. The summed E-state index contributed by atoms with van der Waals surface area (Å²) in [6.07, 6.45) is 0. The summed E-state index contributed by atoms with van der Waals surface area (Å²) in [6.45, 7) is 7.18. The molecule has 1 amide bonds. The lowest BCUT2D eigenvalue weighted by Gasteiger charge is -2.42. The van der Waals surface area contributed by atoms with E-state index in [-0.39, 0.29) is 17.4 Å². The van der Waals surface area contributed by atoms with Crippen LogP contribution in [0.2, 0.25) is 0 Å². The lowest BCUT2D eigenvalue weighted by atomic mass is 9.88. The molecule has 4 heteroatoms. The molecule has 1 aromatic carbocycles. The zero-order valence-electron chi connectivity index (χ0n) is 12.6. The van der Waals surface area contributed by atoms with Crippen LogP contribution >= 0.6 is 0 Å². The quantitative estimate of drug-likeness (QED) is 0.859. The summed E-state index contributed by atoms with van der Waals surface area (Å²) in [7, 11) is 2.00. The average Bonchev–Trinajstić information content (AvgIpc) is 2.43. The van der Waals surface area contributed by atoms with Crippen LogP contribution in [-0.2, 0) is 16.1 Å². The van der Waals surface area contributed by atoms with Gasteiger partial charge in [0.15, 0.2) is 0 Å². The number of ether oxygens (including phenoxy) is 1. The SMILES string of the molecule is CC(C(=O)NCc1ccccc1)N(C)CC1(C)COC1. The number of benzene rings is 1. The van der Waals surface area contributed by atoms with Gasteiger partial charge in [-0.25, -0.2) is 0 Å². The van der Waals surface area contributed by atoms with Gasteiger partial charge in [0.25, 0.3) is 0 Å². The van der Waals surface area contributed by atoms with Crippen LogP contribution in [0, 0.1) is 5.41 Å². The van der Waals surface area contributed by atoms with Crippen molar-refractivity contribution in [1.29, 1.82) is 0 Å². The number of amides is 1. The van der Waals surface area contributed by atoms with Gasteiger partial charge in [-0.1, -0.05) is 37.3 Å². The van der Waals surface area contributed by atoms with Crippen molar-refractivity contribution in [2.24, 2.45) is 5.41 Å². The zero-order chi connectivity index (χ0) is 14.6. The molecule has 1 aliphatic rings. The summed E-state index contributed by atoms with van der Waals surface area (Å²) >= 11 is 0. The van der Waals surface area contributed by atoms with Crippen LogP contribution in [-0.4, -0.2) is 43.7 Å². The number of rotatable bonds is 6. The summed E-state index contributed by atoms with van der Waals surface area (Å²) in [5.74, 6) is 0.0696. The van der Waals surface area contributed by atoms with Crippen molar-refractivity contribution in [1.82, 2.24) is 10.2 Å². The number of likely N-dealkylation sites (N-methyl/N-ethyl adjacent to an activating group) is 1. The lowest BCUT2D eigenvalue weighted by molar-refractivity contribution is -0.133. The van der Waals surface area contributed by atoms with E-state index < -0.39 is 0 Å². The third-order valence-electron chi connectivity index (χ3n) is 3.88. The van der Waals surface area contributed by atoms with Crippen molar-refractivity contribution in [3.63, 3.8) is 0 Å². The van der Waals surface area contributed by atoms with E-state index in [4.69, 9.17) is 4.74 Å². The van der Waals surface area contributed by atoms with Gasteiger partial charge in [-0.15, -0.1) is 0 Å². The van der Waals surface area contributed by atoms with E-state index in [0.717, 1.165) is 25.3 Å². The average molecular weight is 276 g/mol. The Morgan fingerprint density at radius 3 is 2.60 bits per heavy atom. The van der Waals surface area contributed by atoms with E-state index in [0.29, 0.717) is 6.54 Å². The van der Waals surface area contributed by atoms with Crippen molar-refractivity contribution in [2.75, 3.05) is 26.8 Å². The molecule has 1 unspecified atom stereocenters. The molecule has 1 atom stereocenters. The fourth-order valence-electron chi connectivity index (χ4n) is 2.41. The predicted molar refractivity (Wildman–Crippen MR) is 79.3 cm³/mol. The fraction of sp³-hybridized carbons (Fsp3) is 0.562. The molecule has 1 heterocycles.